The molecule has 1 aliphatic heterocycles. The van der Waals surface area contributed by atoms with Crippen LogP contribution in [0.1, 0.15) is 11.1 Å². The largest absolute Gasteiger partial charge is 0.325 e. The van der Waals surface area contributed by atoms with E-state index in [1.807, 2.05) is 32.0 Å². The predicted molar refractivity (Wildman–Crippen MR) is 103 cm³/mol. The van der Waals surface area contributed by atoms with Gasteiger partial charge in [0.05, 0.1) is 26.2 Å². The smallest absolute Gasteiger partial charge is 0.279 e. The molecule has 26 heavy (non-hydrogen) atoms. The Bertz CT molecular complexity index is 871. The van der Waals surface area contributed by atoms with Crippen LogP contribution in [0.5, 0.6) is 0 Å². The molecule has 1 aliphatic rings. The molecule has 1 amide bonds. The summed E-state index contributed by atoms with van der Waals surface area (Å²) >= 11 is 1.24. The van der Waals surface area contributed by atoms with Crippen molar-refractivity contribution in [3.8, 4) is 0 Å². The average Bonchev–Trinajstić information content (AvgIpc) is 3.15. The van der Waals surface area contributed by atoms with Crippen molar-refractivity contribution >= 4 is 33.0 Å². The maximum absolute atomic E-state index is 12.5. The van der Waals surface area contributed by atoms with E-state index in [1.54, 1.807) is 17.5 Å². The molecule has 8 heteroatoms. The number of aryl methyl sites for hydroxylation is 1. The number of sulfonamides is 1. The molecular weight excluding hydrogens is 370 g/mol. The van der Waals surface area contributed by atoms with Crippen LogP contribution >= 0.6 is 11.3 Å². The number of nitrogens with one attached hydrogen (secondary N) is 2. The molecule has 1 aromatic carbocycles. The number of anilines is 1. The molecule has 2 heterocycles. The molecule has 0 saturated carbocycles. The van der Waals surface area contributed by atoms with Crippen LogP contribution in [0.4, 0.5) is 5.69 Å². The van der Waals surface area contributed by atoms with Gasteiger partial charge in [0.15, 0.2) is 6.54 Å². The van der Waals surface area contributed by atoms with E-state index in [-0.39, 0.29) is 5.91 Å². The van der Waals surface area contributed by atoms with Crippen LogP contribution < -0.4 is 10.2 Å². The lowest BCUT2D eigenvalue weighted by Gasteiger charge is -2.30. The summed E-state index contributed by atoms with van der Waals surface area (Å²) in [4.78, 5) is 13.4. The van der Waals surface area contributed by atoms with E-state index in [1.165, 1.54) is 15.6 Å². The highest BCUT2D eigenvalue weighted by Gasteiger charge is 2.31. The molecule has 1 saturated heterocycles. The summed E-state index contributed by atoms with van der Waals surface area (Å²) in [6, 6.07) is 9.23. The second-order valence-electron chi connectivity index (χ2n) is 6.56. The van der Waals surface area contributed by atoms with Gasteiger partial charge in [0.2, 0.25) is 0 Å². The Morgan fingerprint density at radius 2 is 1.92 bits per heavy atom. The molecular formula is C18H24N3O3S2+. The van der Waals surface area contributed by atoms with Gasteiger partial charge in [-0.2, -0.15) is 4.31 Å². The number of carbonyl (C=O) groups excluding carboxylic acids is 1. The maximum atomic E-state index is 12.5. The SMILES string of the molecule is Cc1cccc(NC(=O)C[NH+]2CCN(S(=O)(=O)c3cccs3)CC2)c1C. The molecule has 0 radical (unpaired) electrons. The summed E-state index contributed by atoms with van der Waals surface area (Å²) in [6.45, 7) is 6.49. The number of rotatable bonds is 5. The van der Waals surface area contributed by atoms with E-state index in [9.17, 15) is 13.2 Å². The first-order valence-electron chi connectivity index (χ1n) is 8.61. The predicted octanol–water partition coefficient (Wildman–Crippen LogP) is 0.893. The van der Waals surface area contributed by atoms with Crippen molar-refractivity contribution in [1.82, 2.24) is 4.31 Å². The Labute approximate surface area is 158 Å². The quantitative estimate of drug-likeness (QED) is 0.791. The minimum atomic E-state index is -3.39. The van der Waals surface area contributed by atoms with Crippen molar-refractivity contribution in [2.24, 2.45) is 0 Å². The topological polar surface area (TPSA) is 70.9 Å². The zero-order valence-electron chi connectivity index (χ0n) is 15.0. The maximum Gasteiger partial charge on any atom is 0.279 e. The zero-order chi connectivity index (χ0) is 18.7. The fraction of sp³-hybridized carbons (Fsp3) is 0.389. The Hall–Kier alpha value is -1.74. The van der Waals surface area contributed by atoms with Crippen molar-refractivity contribution in [1.29, 1.82) is 0 Å². The second kappa shape index (κ2) is 7.87. The minimum Gasteiger partial charge on any atom is -0.325 e. The Kier molecular flexibility index (Phi) is 5.76. The lowest BCUT2D eigenvalue weighted by Crippen LogP contribution is -3.15. The van der Waals surface area contributed by atoms with Crippen LogP contribution in [-0.2, 0) is 14.8 Å². The molecule has 0 bridgehead atoms. The first kappa shape index (κ1) is 19.0. The summed E-state index contributed by atoms with van der Waals surface area (Å²) in [6.07, 6.45) is 0. The van der Waals surface area contributed by atoms with Gasteiger partial charge >= 0.3 is 0 Å². The zero-order valence-corrected chi connectivity index (χ0v) is 16.6. The fourth-order valence-corrected chi connectivity index (χ4v) is 5.65. The van der Waals surface area contributed by atoms with Crippen LogP contribution in [0.3, 0.4) is 0 Å². The molecule has 0 spiro atoms. The van der Waals surface area contributed by atoms with Crippen LogP contribution in [0, 0.1) is 13.8 Å². The molecule has 1 aromatic heterocycles. The molecule has 0 unspecified atom stereocenters. The third-order valence-corrected chi connectivity index (χ3v) is 8.08. The van der Waals surface area contributed by atoms with Gasteiger partial charge in [-0.1, -0.05) is 18.2 Å². The second-order valence-corrected chi connectivity index (χ2v) is 9.67. The summed E-state index contributed by atoms with van der Waals surface area (Å²) in [7, 11) is -3.39. The third kappa shape index (κ3) is 4.15. The van der Waals surface area contributed by atoms with Gasteiger partial charge in [-0.3, -0.25) is 4.79 Å². The van der Waals surface area contributed by atoms with E-state index >= 15 is 0 Å². The molecule has 2 aromatic rings. The lowest BCUT2D eigenvalue weighted by molar-refractivity contribution is -0.895. The molecule has 3 rings (SSSR count). The highest BCUT2D eigenvalue weighted by atomic mass is 32.2. The number of carbonyl (C=O) groups is 1. The first-order chi connectivity index (χ1) is 12.4. The normalized spacial score (nSPS) is 16.5. The Balaban J connectivity index is 1.54. The van der Waals surface area contributed by atoms with Crippen molar-refractivity contribution in [3.63, 3.8) is 0 Å². The van der Waals surface area contributed by atoms with E-state index in [2.05, 4.69) is 5.32 Å². The average molecular weight is 395 g/mol. The number of hydrogen-bond donors (Lipinski definition) is 2. The number of piperazine rings is 1. The van der Waals surface area contributed by atoms with E-state index in [4.69, 9.17) is 0 Å². The van der Waals surface area contributed by atoms with Gasteiger partial charge in [0, 0.05) is 5.69 Å². The van der Waals surface area contributed by atoms with Gasteiger partial charge in [0.25, 0.3) is 15.9 Å². The molecule has 0 aliphatic carbocycles. The lowest BCUT2D eigenvalue weighted by atomic mass is 10.1. The molecule has 6 nitrogen and oxygen atoms in total. The van der Waals surface area contributed by atoms with Gasteiger partial charge in [-0.25, -0.2) is 8.42 Å². The van der Waals surface area contributed by atoms with Crippen LogP contribution in [0.25, 0.3) is 0 Å². The van der Waals surface area contributed by atoms with Crippen LogP contribution in [0.15, 0.2) is 39.9 Å². The summed E-state index contributed by atoms with van der Waals surface area (Å²) < 4.78 is 27.0. The third-order valence-electron chi connectivity index (χ3n) is 4.81. The van der Waals surface area contributed by atoms with Gasteiger partial charge in [0.1, 0.15) is 4.21 Å². The fourth-order valence-electron chi connectivity index (χ4n) is 3.07. The number of hydrogen-bond acceptors (Lipinski definition) is 4. The first-order valence-corrected chi connectivity index (χ1v) is 10.9. The standard InChI is InChI=1S/C18H23N3O3S2/c1-14-5-3-6-16(15(14)2)19-17(22)13-20-8-10-21(11-9-20)26(23,24)18-7-4-12-25-18/h3-7,12H,8-11,13H2,1-2H3,(H,19,22)/p+1. The Morgan fingerprint density at radius 1 is 1.19 bits per heavy atom. The Morgan fingerprint density at radius 3 is 2.58 bits per heavy atom. The number of amides is 1. The van der Waals surface area contributed by atoms with Gasteiger partial charge < -0.3 is 10.2 Å². The summed E-state index contributed by atoms with van der Waals surface area (Å²) in [5.41, 5.74) is 3.05. The van der Waals surface area contributed by atoms with Crippen molar-refractivity contribution < 1.29 is 18.1 Å². The van der Waals surface area contributed by atoms with Gasteiger partial charge in [-0.05, 0) is 42.5 Å². The minimum absolute atomic E-state index is 0.0386. The molecule has 1 fully saturated rings. The van der Waals surface area contributed by atoms with E-state index in [0.29, 0.717) is 36.9 Å². The van der Waals surface area contributed by atoms with Crippen molar-refractivity contribution in [3.05, 3.63) is 46.8 Å². The monoisotopic (exact) mass is 394 g/mol. The highest BCUT2D eigenvalue weighted by Crippen LogP contribution is 2.20. The molecule has 0 atom stereocenters. The highest BCUT2D eigenvalue weighted by molar-refractivity contribution is 7.91. The number of benzene rings is 1. The number of thiophene rings is 1. The molecule has 2 N–H and O–H groups in total. The van der Waals surface area contributed by atoms with Crippen molar-refractivity contribution in [2.45, 2.75) is 18.1 Å². The summed E-state index contributed by atoms with van der Waals surface area (Å²) in [5.74, 6) is -0.0386. The van der Waals surface area contributed by atoms with Gasteiger partial charge in [-0.15, -0.1) is 11.3 Å². The number of nitrogens with zero attached hydrogens (tertiary/aromatic N) is 1. The van der Waals surface area contributed by atoms with Crippen molar-refractivity contribution in [2.75, 3.05) is 38.0 Å². The van der Waals surface area contributed by atoms with E-state index in [0.717, 1.165) is 21.7 Å². The number of quaternary nitrogens is 1. The van der Waals surface area contributed by atoms with Crippen LogP contribution in [-0.4, -0.2) is 51.4 Å². The van der Waals surface area contributed by atoms with Crippen LogP contribution in [0.2, 0.25) is 0 Å². The molecule has 140 valence electrons. The van der Waals surface area contributed by atoms with E-state index < -0.39 is 10.0 Å². The summed E-state index contributed by atoms with van der Waals surface area (Å²) in [5, 5.41) is 4.74.